The van der Waals surface area contributed by atoms with E-state index in [-0.39, 0.29) is 41.6 Å². The molecule has 4 rings (SSSR count). The number of likely N-dealkylation sites (tertiary alicyclic amines) is 1. The van der Waals surface area contributed by atoms with Crippen LogP contribution in [0.1, 0.15) is 37.7 Å². The zero-order valence-corrected chi connectivity index (χ0v) is 17.9. The van der Waals surface area contributed by atoms with Gasteiger partial charge in [-0.15, -0.1) is 12.4 Å². The van der Waals surface area contributed by atoms with E-state index in [0.717, 1.165) is 56.5 Å². The molecule has 3 fully saturated rings. The lowest BCUT2D eigenvalue weighted by atomic mass is 9.91. The van der Waals surface area contributed by atoms with Crippen LogP contribution in [0.4, 0.5) is 0 Å². The Balaban J connectivity index is 0.00000240. The average Bonchev–Trinajstić information content (AvgIpc) is 3.42. The molecule has 7 heteroatoms. The molecule has 160 valence electrons. The maximum absolute atomic E-state index is 12.7. The third-order valence-corrected chi connectivity index (χ3v) is 6.83. The second-order valence-corrected chi connectivity index (χ2v) is 8.52. The first kappa shape index (κ1) is 21.9. The summed E-state index contributed by atoms with van der Waals surface area (Å²) in [7, 11) is 1.63. The maximum atomic E-state index is 12.7. The first-order valence-electron chi connectivity index (χ1n) is 10.5. The van der Waals surface area contributed by atoms with Gasteiger partial charge >= 0.3 is 0 Å². The van der Waals surface area contributed by atoms with E-state index in [4.69, 9.17) is 4.74 Å². The van der Waals surface area contributed by atoms with Gasteiger partial charge in [0.1, 0.15) is 5.75 Å². The lowest BCUT2D eigenvalue weighted by Crippen LogP contribution is -2.47. The Kier molecular flexibility index (Phi) is 7.06. The number of hydrogen-bond acceptors (Lipinski definition) is 4. The molecule has 29 heavy (non-hydrogen) atoms. The lowest BCUT2D eigenvalue weighted by molar-refractivity contribution is -0.131. The zero-order chi connectivity index (χ0) is 19.6. The Morgan fingerprint density at radius 3 is 2.59 bits per heavy atom. The van der Waals surface area contributed by atoms with Crippen LogP contribution in [-0.4, -0.2) is 56.0 Å². The number of hydrogen-bond donors (Lipinski definition) is 2. The van der Waals surface area contributed by atoms with Crippen LogP contribution in [-0.2, 0) is 16.0 Å². The smallest absolute Gasteiger partial charge is 0.227 e. The quantitative estimate of drug-likeness (QED) is 0.764. The highest BCUT2D eigenvalue weighted by atomic mass is 35.5. The van der Waals surface area contributed by atoms with Crippen molar-refractivity contribution in [3.05, 3.63) is 29.8 Å². The van der Waals surface area contributed by atoms with Gasteiger partial charge in [-0.3, -0.25) is 9.59 Å². The molecule has 1 aliphatic carbocycles. The number of para-hydroxylation sites is 1. The van der Waals surface area contributed by atoms with Crippen molar-refractivity contribution < 1.29 is 14.3 Å². The standard InChI is InChI=1S/C22H31N3O3.ClH/c1-28-19-5-3-2-4-16(19)14-20(26)25-12-6-17(7-13-25)24-21(27)18-15-22(18)8-10-23-11-9-22;/h2-5,17-18,23H,6-15H2,1H3,(H,24,27);1H. The number of benzene rings is 1. The minimum absolute atomic E-state index is 0. The van der Waals surface area contributed by atoms with Crippen LogP contribution in [0, 0.1) is 11.3 Å². The summed E-state index contributed by atoms with van der Waals surface area (Å²) in [6.07, 6.45) is 5.34. The Hall–Kier alpha value is -1.79. The van der Waals surface area contributed by atoms with Gasteiger partial charge in [0, 0.05) is 30.6 Å². The monoisotopic (exact) mass is 421 g/mol. The molecular weight excluding hydrogens is 390 g/mol. The molecule has 0 radical (unpaired) electrons. The molecule has 0 aromatic heterocycles. The second-order valence-electron chi connectivity index (χ2n) is 8.52. The summed E-state index contributed by atoms with van der Waals surface area (Å²) in [5.74, 6) is 1.33. The molecular formula is C22H32ClN3O3. The van der Waals surface area contributed by atoms with Gasteiger partial charge in [-0.2, -0.15) is 0 Å². The molecule has 2 N–H and O–H groups in total. The number of halogens is 1. The topological polar surface area (TPSA) is 70.7 Å². The van der Waals surface area contributed by atoms with Gasteiger partial charge in [0.05, 0.1) is 13.5 Å². The molecule has 0 bridgehead atoms. The van der Waals surface area contributed by atoms with Gasteiger partial charge in [0.15, 0.2) is 0 Å². The molecule has 2 amide bonds. The van der Waals surface area contributed by atoms with E-state index >= 15 is 0 Å². The van der Waals surface area contributed by atoms with Gasteiger partial charge in [0.2, 0.25) is 11.8 Å². The zero-order valence-electron chi connectivity index (χ0n) is 17.1. The molecule has 3 aliphatic rings. The first-order chi connectivity index (χ1) is 13.6. The molecule has 1 atom stereocenters. The molecule has 1 aromatic carbocycles. The predicted molar refractivity (Wildman–Crippen MR) is 114 cm³/mol. The predicted octanol–water partition coefficient (Wildman–Crippen LogP) is 2.16. The summed E-state index contributed by atoms with van der Waals surface area (Å²) in [5, 5.41) is 6.65. The largest absolute Gasteiger partial charge is 0.496 e. The number of carbonyl (C=O) groups excluding carboxylic acids is 2. The summed E-state index contributed by atoms with van der Waals surface area (Å²) >= 11 is 0. The molecule has 1 spiro atoms. The fourth-order valence-electron chi connectivity index (χ4n) is 4.89. The number of piperidine rings is 2. The van der Waals surface area contributed by atoms with E-state index in [0.29, 0.717) is 19.5 Å². The van der Waals surface area contributed by atoms with Crippen LogP contribution in [0.25, 0.3) is 0 Å². The average molecular weight is 422 g/mol. The molecule has 2 aliphatic heterocycles. The van der Waals surface area contributed by atoms with Gasteiger partial charge in [0.25, 0.3) is 0 Å². The minimum atomic E-state index is 0. The maximum Gasteiger partial charge on any atom is 0.227 e. The molecule has 6 nitrogen and oxygen atoms in total. The lowest BCUT2D eigenvalue weighted by Gasteiger charge is -2.33. The normalized spacial score (nSPS) is 23.2. The molecule has 1 unspecified atom stereocenters. The second kappa shape index (κ2) is 9.35. The van der Waals surface area contributed by atoms with E-state index in [1.54, 1.807) is 7.11 Å². The molecule has 2 saturated heterocycles. The van der Waals surface area contributed by atoms with Crippen molar-refractivity contribution in [2.24, 2.45) is 11.3 Å². The third-order valence-electron chi connectivity index (χ3n) is 6.83. The van der Waals surface area contributed by atoms with E-state index < -0.39 is 0 Å². The summed E-state index contributed by atoms with van der Waals surface area (Å²) in [4.78, 5) is 27.2. The number of nitrogens with zero attached hydrogens (tertiary/aromatic N) is 1. The summed E-state index contributed by atoms with van der Waals surface area (Å²) in [6, 6.07) is 7.87. The van der Waals surface area contributed by atoms with Gasteiger partial charge in [-0.25, -0.2) is 0 Å². The van der Waals surface area contributed by atoms with Crippen LogP contribution < -0.4 is 15.4 Å². The number of carbonyl (C=O) groups is 2. The third kappa shape index (κ3) is 4.86. The molecule has 1 saturated carbocycles. The van der Waals surface area contributed by atoms with Crippen molar-refractivity contribution in [3.63, 3.8) is 0 Å². The van der Waals surface area contributed by atoms with Crippen molar-refractivity contribution in [2.45, 2.75) is 44.6 Å². The van der Waals surface area contributed by atoms with Crippen LogP contribution >= 0.6 is 12.4 Å². The highest BCUT2D eigenvalue weighted by molar-refractivity contribution is 5.85. The van der Waals surface area contributed by atoms with Crippen LogP contribution in [0.2, 0.25) is 0 Å². The van der Waals surface area contributed by atoms with Gasteiger partial charge < -0.3 is 20.3 Å². The van der Waals surface area contributed by atoms with E-state index in [1.165, 1.54) is 0 Å². The Labute approximate surface area is 179 Å². The SMILES string of the molecule is COc1ccccc1CC(=O)N1CCC(NC(=O)C2CC23CCNCC3)CC1.Cl. The van der Waals surface area contributed by atoms with Crippen LogP contribution in [0.5, 0.6) is 5.75 Å². The highest BCUT2D eigenvalue weighted by Crippen LogP contribution is 2.58. The number of rotatable bonds is 5. The van der Waals surface area contributed by atoms with E-state index in [9.17, 15) is 9.59 Å². The highest BCUT2D eigenvalue weighted by Gasteiger charge is 2.57. The van der Waals surface area contributed by atoms with Crippen molar-refractivity contribution in [1.29, 1.82) is 0 Å². The van der Waals surface area contributed by atoms with Crippen molar-refractivity contribution in [1.82, 2.24) is 15.5 Å². The molecule has 1 aromatic rings. The van der Waals surface area contributed by atoms with Crippen molar-refractivity contribution in [2.75, 3.05) is 33.3 Å². The van der Waals surface area contributed by atoms with Gasteiger partial charge in [-0.1, -0.05) is 18.2 Å². The fraction of sp³-hybridized carbons (Fsp3) is 0.636. The van der Waals surface area contributed by atoms with Crippen LogP contribution in [0.3, 0.4) is 0 Å². The van der Waals surface area contributed by atoms with Gasteiger partial charge in [-0.05, 0) is 56.7 Å². The summed E-state index contributed by atoms with van der Waals surface area (Å²) in [6.45, 7) is 3.49. The Morgan fingerprint density at radius 1 is 1.21 bits per heavy atom. The van der Waals surface area contributed by atoms with Crippen molar-refractivity contribution in [3.8, 4) is 5.75 Å². The van der Waals surface area contributed by atoms with Crippen LogP contribution in [0.15, 0.2) is 24.3 Å². The fourth-order valence-corrected chi connectivity index (χ4v) is 4.89. The first-order valence-corrected chi connectivity index (χ1v) is 10.5. The number of ether oxygens (including phenoxy) is 1. The molecule has 2 heterocycles. The summed E-state index contributed by atoms with van der Waals surface area (Å²) < 4.78 is 5.35. The number of nitrogens with one attached hydrogen (secondary N) is 2. The minimum Gasteiger partial charge on any atom is -0.496 e. The van der Waals surface area contributed by atoms with Crippen molar-refractivity contribution >= 4 is 24.2 Å². The Bertz CT molecular complexity index is 728. The van der Waals surface area contributed by atoms with E-state index in [1.807, 2.05) is 29.2 Å². The number of amides is 2. The summed E-state index contributed by atoms with van der Waals surface area (Å²) in [5.41, 5.74) is 1.20. The number of methoxy groups -OCH3 is 1. The Morgan fingerprint density at radius 2 is 1.90 bits per heavy atom. The van der Waals surface area contributed by atoms with E-state index in [2.05, 4.69) is 10.6 Å².